The largest absolute Gasteiger partial charge is 0.384 e. The van der Waals surface area contributed by atoms with Crippen LogP contribution in [0.25, 0.3) is 0 Å². The number of hydrogen-bond acceptors (Lipinski definition) is 2. The van der Waals surface area contributed by atoms with Gasteiger partial charge in [0.2, 0.25) is 0 Å². The quantitative estimate of drug-likeness (QED) is 0.824. The van der Waals surface area contributed by atoms with E-state index in [4.69, 9.17) is 0 Å². The molecular weight excluding hydrogens is 198 g/mol. The van der Waals surface area contributed by atoms with Gasteiger partial charge in [-0.15, -0.1) is 0 Å². The number of rotatable bonds is 2. The summed E-state index contributed by atoms with van der Waals surface area (Å²) >= 11 is 0. The second-order valence-corrected chi connectivity index (χ2v) is 4.93. The minimum Gasteiger partial charge on any atom is -0.384 e. The highest BCUT2D eigenvalue weighted by Gasteiger charge is 2.33. The summed E-state index contributed by atoms with van der Waals surface area (Å²) in [5.41, 5.74) is 1.75. The Morgan fingerprint density at radius 2 is 2.25 bits per heavy atom. The van der Waals surface area contributed by atoms with Crippen LogP contribution in [-0.2, 0) is 12.0 Å². The maximum absolute atomic E-state index is 10.7. The summed E-state index contributed by atoms with van der Waals surface area (Å²) < 4.78 is 0. The molecule has 1 heterocycles. The van der Waals surface area contributed by atoms with E-state index >= 15 is 0 Å². The first-order valence-electron chi connectivity index (χ1n) is 6.14. The zero-order valence-corrected chi connectivity index (χ0v) is 10.2. The zero-order chi connectivity index (χ0) is 11.6. The molecule has 2 heteroatoms. The fourth-order valence-corrected chi connectivity index (χ4v) is 2.56. The summed E-state index contributed by atoms with van der Waals surface area (Å²) in [7, 11) is 2.08. The van der Waals surface area contributed by atoms with E-state index in [0.29, 0.717) is 0 Å². The lowest BCUT2D eigenvalue weighted by atomic mass is 9.85. The number of aliphatic hydroxyl groups is 1. The molecule has 0 amide bonds. The Balaban J connectivity index is 2.27. The van der Waals surface area contributed by atoms with Gasteiger partial charge in [0.15, 0.2) is 0 Å². The standard InChI is InChI=1S/C14H21NO/c1-3-12-6-4-7-13(10-12)14(16)8-5-9-15(2)11-14/h4,6-7,10,16H,3,5,8-9,11H2,1-2H3. The van der Waals surface area contributed by atoms with Crippen LogP contribution in [0.4, 0.5) is 0 Å². The molecule has 0 radical (unpaired) electrons. The van der Waals surface area contributed by atoms with Crippen molar-refractivity contribution in [1.29, 1.82) is 0 Å². The lowest BCUT2D eigenvalue weighted by molar-refractivity contribution is -0.0278. The van der Waals surface area contributed by atoms with Crippen molar-refractivity contribution in [2.45, 2.75) is 31.8 Å². The van der Waals surface area contributed by atoms with Gasteiger partial charge < -0.3 is 10.0 Å². The van der Waals surface area contributed by atoms with E-state index in [2.05, 4.69) is 43.1 Å². The lowest BCUT2D eigenvalue weighted by Gasteiger charge is -2.38. The van der Waals surface area contributed by atoms with E-state index in [0.717, 1.165) is 37.9 Å². The SMILES string of the molecule is CCc1cccc(C2(O)CCCN(C)C2)c1. The minimum absolute atomic E-state index is 0.641. The molecule has 88 valence electrons. The Morgan fingerprint density at radius 1 is 1.44 bits per heavy atom. The molecule has 0 aromatic heterocycles. The maximum atomic E-state index is 10.7. The lowest BCUT2D eigenvalue weighted by Crippen LogP contribution is -2.44. The second kappa shape index (κ2) is 4.56. The third-order valence-electron chi connectivity index (χ3n) is 3.53. The number of aryl methyl sites for hydroxylation is 1. The van der Waals surface area contributed by atoms with Gasteiger partial charge in [-0.25, -0.2) is 0 Å². The maximum Gasteiger partial charge on any atom is 0.102 e. The number of β-amino-alcohol motifs (C(OH)–C–C–N with tert-alkyl or cyclic N) is 1. The fourth-order valence-electron chi connectivity index (χ4n) is 2.56. The number of likely N-dealkylation sites (tertiary alicyclic amines) is 1. The van der Waals surface area contributed by atoms with Gasteiger partial charge in [0.1, 0.15) is 5.60 Å². The van der Waals surface area contributed by atoms with E-state index in [1.165, 1.54) is 5.56 Å². The van der Waals surface area contributed by atoms with Gasteiger partial charge in [0.25, 0.3) is 0 Å². The number of piperidine rings is 1. The number of benzene rings is 1. The molecule has 2 nitrogen and oxygen atoms in total. The van der Waals surface area contributed by atoms with Crippen molar-refractivity contribution in [2.75, 3.05) is 20.1 Å². The van der Waals surface area contributed by atoms with Crippen molar-refractivity contribution < 1.29 is 5.11 Å². The van der Waals surface area contributed by atoms with Crippen molar-refractivity contribution in [3.05, 3.63) is 35.4 Å². The molecule has 1 atom stereocenters. The van der Waals surface area contributed by atoms with Crippen molar-refractivity contribution in [2.24, 2.45) is 0 Å². The van der Waals surface area contributed by atoms with Crippen LogP contribution >= 0.6 is 0 Å². The van der Waals surface area contributed by atoms with Crippen LogP contribution < -0.4 is 0 Å². The van der Waals surface area contributed by atoms with Gasteiger partial charge in [-0.1, -0.05) is 31.2 Å². The molecule has 0 bridgehead atoms. The average molecular weight is 219 g/mol. The molecule has 0 saturated carbocycles. The Kier molecular flexibility index (Phi) is 3.31. The molecule has 1 N–H and O–H groups in total. The van der Waals surface area contributed by atoms with E-state index in [-0.39, 0.29) is 0 Å². The molecule has 1 aromatic rings. The summed E-state index contributed by atoms with van der Waals surface area (Å²) in [6.07, 6.45) is 2.98. The molecule has 1 unspecified atom stereocenters. The van der Waals surface area contributed by atoms with Crippen LogP contribution in [0.5, 0.6) is 0 Å². The Bertz CT molecular complexity index is 364. The third kappa shape index (κ3) is 2.28. The van der Waals surface area contributed by atoms with E-state index in [9.17, 15) is 5.11 Å². The number of hydrogen-bond donors (Lipinski definition) is 1. The number of likely N-dealkylation sites (N-methyl/N-ethyl adjacent to an activating group) is 1. The van der Waals surface area contributed by atoms with Crippen LogP contribution in [-0.4, -0.2) is 30.1 Å². The van der Waals surface area contributed by atoms with E-state index < -0.39 is 5.60 Å². The van der Waals surface area contributed by atoms with Crippen molar-refractivity contribution >= 4 is 0 Å². The molecule has 1 aromatic carbocycles. The number of nitrogens with zero attached hydrogens (tertiary/aromatic N) is 1. The predicted octanol–water partition coefficient (Wildman–Crippen LogP) is 2.16. The van der Waals surface area contributed by atoms with Crippen LogP contribution in [0, 0.1) is 0 Å². The second-order valence-electron chi connectivity index (χ2n) is 4.93. The highest BCUT2D eigenvalue weighted by atomic mass is 16.3. The van der Waals surface area contributed by atoms with Crippen molar-refractivity contribution in [3.63, 3.8) is 0 Å². The zero-order valence-electron chi connectivity index (χ0n) is 10.2. The molecule has 1 fully saturated rings. The minimum atomic E-state index is -0.641. The predicted molar refractivity (Wildman–Crippen MR) is 66.4 cm³/mol. The third-order valence-corrected chi connectivity index (χ3v) is 3.53. The topological polar surface area (TPSA) is 23.5 Å². The Hall–Kier alpha value is -0.860. The first-order valence-corrected chi connectivity index (χ1v) is 6.14. The molecule has 16 heavy (non-hydrogen) atoms. The van der Waals surface area contributed by atoms with Gasteiger partial charge >= 0.3 is 0 Å². The molecule has 1 saturated heterocycles. The first-order chi connectivity index (χ1) is 7.64. The first kappa shape index (κ1) is 11.6. The molecule has 2 rings (SSSR count). The van der Waals surface area contributed by atoms with Gasteiger partial charge in [-0.3, -0.25) is 0 Å². The van der Waals surface area contributed by atoms with Crippen molar-refractivity contribution in [1.82, 2.24) is 4.90 Å². The summed E-state index contributed by atoms with van der Waals surface area (Å²) in [5.74, 6) is 0. The average Bonchev–Trinajstić information content (AvgIpc) is 2.29. The summed E-state index contributed by atoms with van der Waals surface area (Å²) in [6.45, 7) is 3.99. The monoisotopic (exact) mass is 219 g/mol. The van der Waals surface area contributed by atoms with Crippen molar-refractivity contribution in [3.8, 4) is 0 Å². The normalized spacial score (nSPS) is 26.9. The molecule has 1 aliphatic rings. The molecule has 0 spiro atoms. The fraction of sp³-hybridized carbons (Fsp3) is 0.571. The molecule has 0 aliphatic carbocycles. The van der Waals surface area contributed by atoms with Gasteiger partial charge in [0, 0.05) is 6.54 Å². The molecule has 1 aliphatic heterocycles. The van der Waals surface area contributed by atoms with Gasteiger partial charge in [-0.05, 0) is 44.0 Å². The highest BCUT2D eigenvalue weighted by molar-refractivity contribution is 5.29. The summed E-state index contributed by atoms with van der Waals surface area (Å²) in [4.78, 5) is 2.21. The smallest absolute Gasteiger partial charge is 0.102 e. The Labute approximate surface area is 97.9 Å². The van der Waals surface area contributed by atoms with Gasteiger partial charge in [0.05, 0.1) is 0 Å². The highest BCUT2D eigenvalue weighted by Crippen LogP contribution is 2.31. The van der Waals surface area contributed by atoms with Crippen LogP contribution in [0.3, 0.4) is 0 Å². The van der Waals surface area contributed by atoms with Crippen LogP contribution in [0.2, 0.25) is 0 Å². The van der Waals surface area contributed by atoms with Crippen LogP contribution in [0.1, 0.15) is 30.9 Å². The van der Waals surface area contributed by atoms with E-state index in [1.807, 2.05) is 0 Å². The van der Waals surface area contributed by atoms with Gasteiger partial charge in [-0.2, -0.15) is 0 Å². The molecular formula is C14H21NO. The van der Waals surface area contributed by atoms with Crippen LogP contribution in [0.15, 0.2) is 24.3 Å². The Morgan fingerprint density at radius 3 is 2.94 bits per heavy atom. The van der Waals surface area contributed by atoms with E-state index in [1.54, 1.807) is 0 Å². The summed E-state index contributed by atoms with van der Waals surface area (Å²) in [5, 5.41) is 10.7. The summed E-state index contributed by atoms with van der Waals surface area (Å²) in [6, 6.07) is 8.39.